The number of rotatable bonds is 15. The first-order chi connectivity index (χ1) is 28.8. The summed E-state index contributed by atoms with van der Waals surface area (Å²) in [6.07, 6.45) is 17.1. The molecule has 5 aromatic rings. The summed E-state index contributed by atoms with van der Waals surface area (Å²) in [6.45, 7) is 6.87. The van der Waals surface area contributed by atoms with E-state index >= 15 is 0 Å². The highest BCUT2D eigenvalue weighted by Crippen LogP contribution is 2.58. The quantitative estimate of drug-likeness (QED) is 0.0814. The second kappa shape index (κ2) is 16.3. The molecule has 5 nitrogen and oxygen atoms in total. The minimum atomic E-state index is -1.09. The molecule has 3 atom stereocenters. The Morgan fingerprint density at radius 3 is 2.36 bits per heavy atom. The number of thiophene rings is 1. The largest absolute Gasteiger partial charge is 0.478 e. The molecule has 6 heteroatoms. The molecule has 1 aromatic heterocycles. The van der Waals surface area contributed by atoms with Gasteiger partial charge in [-0.1, -0.05) is 115 Å². The molecule has 1 fully saturated rings. The van der Waals surface area contributed by atoms with Gasteiger partial charge in [0, 0.05) is 49.6 Å². The Morgan fingerprint density at radius 1 is 0.797 bits per heavy atom. The van der Waals surface area contributed by atoms with Gasteiger partial charge in [-0.15, -0.1) is 11.3 Å². The summed E-state index contributed by atoms with van der Waals surface area (Å²) in [5.41, 5.74) is 13.6. The Hall–Kier alpha value is -4.78. The van der Waals surface area contributed by atoms with Crippen molar-refractivity contribution in [2.24, 2.45) is 0 Å². The van der Waals surface area contributed by atoms with Crippen LogP contribution in [0.4, 0.5) is 11.4 Å². The standard InChI is InChI=1S/C53H57NO4S/c1-4-7-10-11-15-33-30-48(59-49(33)32-43-50(55)40-23-20-35(52(57)58)29-42(40)51(43)56)34-21-25-47-41(28-34)39-17-14-19-46(39)54(47)36-22-24-38-37-16-12-13-18-44(37)53(26-8-5-2,27-9-6-3)45(38)31-36/h12-13,16,18,20-25,28-32,39,46,50,55H,4-11,14-15,17,19,26-27H2,1-3H3,(H,57,58)/b43-32+. The summed E-state index contributed by atoms with van der Waals surface area (Å²) in [7, 11) is 0. The Morgan fingerprint density at radius 2 is 1.58 bits per heavy atom. The van der Waals surface area contributed by atoms with Gasteiger partial charge >= 0.3 is 5.97 Å². The Labute approximate surface area is 353 Å². The number of Topliss-reactive ketones (excluding diaryl/α,β-unsaturated/α-hetero) is 1. The molecule has 0 spiro atoms. The molecule has 4 aromatic carbocycles. The molecule has 2 heterocycles. The molecule has 3 aliphatic carbocycles. The van der Waals surface area contributed by atoms with Gasteiger partial charge in [-0.05, 0) is 132 Å². The highest BCUT2D eigenvalue weighted by Gasteiger charge is 2.45. The number of aromatic carboxylic acids is 1. The zero-order valence-corrected chi connectivity index (χ0v) is 35.7. The number of carboxylic acids is 1. The SMILES string of the molecule is CCCCCCc1cc(-c2ccc3c(c2)C2CCCC2N3c2ccc3c(c2)C(CCCC)(CCCC)c2ccccc2-3)sc1/C=C1/C(=O)c2cc(C(=O)O)ccc2C1O. The van der Waals surface area contributed by atoms with E-state index in [0.29, 0.717) is 23.1 Å². The summed E-state index contributed by atoms with van der Waals surface area (Å²) in [5, 5.41) is 20.9. The number of aliphatic hydroxyl groups excluding tert-OH is 1. The molecule has 3 unspecified atom stereocenters. The van der Waals surface area contributed by atoms with Crippen molar-refractivity contribution in [3.8, 4) is 21.6 Å². The van der Waals surface area contributed by atoms with Crippen LogP contribution in [0.5, 0.6) is 0 Å². The van der Waals surface area contributed by atoms with Crippen molar-refractivity contribution < 1.29 is 19.8 Å². The molecule has 304 valence electrons. The molecule has 59 heavy (non-hydrogen) atoms. The Kier molecular flexibility index (Phi) is 11.0. The number of nitrogens with zero attached hydrogens (tertiary/aromatic N) is 1. The van der Waals surface area contributed by atoms with Crippen molar-refractivity contribution in [1.29, 1.82) is 0 Å². The lowest BCUT2D eigenvalue weighted by Gasteiger charge is -2.34. The van der Waals surface area contributed by atoms with Crippen molar-refractivity contribution in [1.82, 2.24) is 0 Å². The molecule has 1 saturated carbocycles. The van der Waals surface area contributed by atoms with Gasteiger partial charge in [0.1, 0.15) is 6.10 Å². The summed E-state index contributed by atoms with van der Waals surface area (Å²) in [6, 6.07) is 30.9. The van der Waals surface area contributed by atoms with E-state index in [1.54, 1.807) is 17.4 Å². The number of fused-ring (bicyclic) bond motifs is 7. The average molecular weight is 804 g/mol. The van der Waals surface area contributed by atoms with Gasteiger partial charge in [-0.25, -0.2) is 4.79 Å². The fraction of sp³-hybridized carbons (Fsp3) is 0.396. The van der Waals surface area contributed by atoms with Gasteiger partial charge in [0.15, 0.2) is 5.78 Å². The normalized spacial score (nSPS) is 20.2. The number of aryl methyl sites for hydroxylation is 1. The summed E-state index contributed by atoms with van der Waals surface area (Å²) < 4.78 is 0. The second-order valence-electron chi connectivity index (χ2n) is 17.6. The van der Waals surface area contributed by atoms with E-state index in [4.69, 9.17) is 0 Å². The van der Waals surface area contributed by atoms with Gasteiger partial charge in [0.05, 0.1) is 5.56 Å². The topological polar surface area (TPSA) is 77.8 Å². The number of benzene rings is 4. The van der Waals surface area contributed by atoms with Crippen LogP contribution in [0.25, 0.3) is 27.6 Å². The number of hydrogen-bond acceptors (Lipinski definition) is 5. The highest BCUT2D eigenvalue weighted by atomic mass is 32.1. The maximum atomic E-state index is 13.7. The first-order valence-corrected chi connectivity index (χ1v) is 23.2. The summed E-state index contributed by atoms with van der Waals surface area (Å²) >= 11 is 1.69. The van der Waals surface area contributed by atoms with Crippen LogP contribution >= 0.6 is 11.3 Å². The molecule has 9 rings (SSSR count). The van der Waals surface area contributed by atoms with E-state index in [-0.39, 0.29) is 22.3 Å². The number of ketones is 1. The number of carboxylic acid groups (broad SMARTS) is 1. The third-order valence-corrected chi connectivity index (χ3v) is 15.2. The van der Waals surface area contributed by atoms with Crippen LogP contribution in [0.2, 0.25) is 0 Å². The number of unbranched alkanes of at least 4 members (excludes halogenated alkanes) is 5. The number of carbonyl (C=O) groups excluding carboxylic acids is 1. The second-order valence-corrected chi connectivity index (χ2v) is 18.6. The predicted molar refractivity (Wildman–Crippen MR) is 242 cm³/mol. The van der Waals surface area contributed by atoms with Gasteiger partial charge < -0.3 is 15.1 Å². The van der Waals surface area contributed by atoms with Crippen LogP contribution < -0.4 is 4.90 Å². The summed E-state index contributed by atoms with van der Waals surface area (Å²) in [4.78, 5) is 30.2. The summed E-state index contributed by atoms with van der Waals surface area (Å²) in [5.74, 6) is -0.900. The molecule has 0 radical (unpaired) electrons. The lowest BCUT2D eigenvalue weighted by Crippen LogP contribution is -2.28. The van der Waals surface area contributed by atoms with Gasteiger partial charge in [-0.3, -0.25) is 4.79 Å². The molecule has 0 bridgehead atoms. The van der Waals surface area contributed by atoms with Crippen molar-refractivity contribution in [2.45, 2.75) is 134 Å². The van der Waals surface area contributed by atoms with E-state index in [0.717, 1.165) is 30.6 Å². The number of anilines is 2. The van der Waals surface area contributed by atoms with Gasteiger partial charge in [-0.2, -0.15) is 0 Å². The maximum Gasteiger partial charge on any atom is 0.335 e. The third kappa shape index (κ3) is 6.81. The minimum absolute atomic E-state index is 0.0500. The van der Waals surface area contributed by atoms with Crippen LogP contribution in [-0.4, -0.2) is 28.0 Å². The van der Waals surface area contributed by atoms with E-state index in [9.17, 15) is 19.8 Å². The van der Waals surface area contributed by atoms with E-state index in [1.807, 2.05) is 6.08 Å². The van der Waals surface area contributed by atoms with Crippen LogP contribution in [0, 0.1) is 0 Å². The molecule has 4 aliphatic rings. The molecule has 0 amide bonds. The van der Waals surface area contributed by atoms with Gasteiger partial charge in [0.25, 0.3) is 0 Å². The van der Waals surface area contributed by atoms with E-state index in [2.05, 4.69) is 92.4 Å². The van der Waals surface area contributed by atoms with Crippen molar-refractivity contribution >= 4 is 40.5 Å². The first kappa shape index (κ1) is 39.7. The number of aliphatic hydroxyl groups is 1. The highest BCUT2D eigenvalue weighted by molar-refractivity contribution is 7.16. The number of hydrogen-bond donors (Lipinski definition) is 2. The first-order valence-electron chi connectivity index (χ1n) is 22.4. The fourth-order valence-electron chi connectivity index (χ4n) is 11.1. The lowest BCUT2D eigenvalue weighted by molar-refractivity contribution is 0.0696. The van der Waals surface area contributed by atoms with Crippen LogP contribution in [-0.2, 0) is 11.8 Å². The monoisotopic (exact) mass is 803 g/mol. The Bertz CT molecular complexity index is 2450. The molecule has 2 N–H and O–H groups in total. The zero-order valence-electron chi connectivity index (χ0n) is 34.9. The third-order valence-electron chi connectivity index (χ3n) is 14.1. The lowest BCUT2D eigenvalue weighted by atomic mass is 9.71. The zero-order chi connectivity index (χ0) is 40.8. The van der Waals surface area contributed by atoms with Crippen molar-refractivity contribution in [2.75, 3.05) is 4.90 Å². The predicted octanol–water partition coefficient (Wildman–Crippen LogP) is 14.0. The molecule has 1 aliphatic heterocycles. The van der Waals surface area contributed by atoms with E-state index < -0.39 is 12.1 Å². The van der Waals surface area contributed by atoms with Crippen LogP contribution in [0.3, 0.4) is 0 Å². The van der Waals surface area contributed by atoms with Gasteiger partial charge in [0.2, 0.25) is 0 Å². The maximum absolute atomic E-state index is 13.7. The fourth-order valence-corrected chi connectivity index (χ4v) is 12.2. The molecular weight excluding hydrogens is 747 g/mol. The van der Waals surface area contributed by atoms with Crippen molar-refractivity contribution in [3.05, 3.63) is 134 Å². The van der Waals surface area contributed by atoms with Crippen LogP contribution in [0.15, 0.2) is 90.5 Å². The minimum Gasteiger partial charge on any atom is -0.478 e. The van der Waals surface area contributed by atoms with Crippen molar-refractivity contribution in [3.63, 3.8) is 0 Å². The molecular formula is C53H57NO4S. The average Bonchev–Trinajstić information content (AvgIpc) is 4.06. The Balaban J connectivity index is 1.08. The number of carbonyl (C=O) groups is 2. The van der Waals surface area contributed by atoms with E-state index in [1.165, 1.54) is 132 Å². The molecule has 0 saturated heterocycles. The smallest absolute Gasteiger partial charge is 0.335 e. The van der Waals surface area contributed by atoms with Crippen LogP contribution in [0.1, 0.15) is 170 Å².